The van der Waals surface area contributed by atoms with Crippen LogP contribution in [0.5, 0.6) is 0 Å². The van der Waals surface area contributed by atoms with E-state index in [4.69, 9.17) is 9.47 Å². The van der Waals surface area contributed by atoms with Crippen LogP contribution in [0.2, 0.25) is 0 Å². The van der Waals surface area contributed by atoms with Crippen LogP contribution < -0.4 is 0 Å². The summed E-state index contributed by atoms with van der Waals surface area (Å²) >= 11 is 3.37. The molecule has 8 heteroatoms. The number of benzene rings is 4. The summed E-state index contributed by atoms with van der Waals surface area (Å²) < 4.78 is 10.8. The van der Waals surface area contributed by atoms with Gasteiger partial charge in [-0.25, -0.2) is 9.59 Å². The zero-order chi connectivity index (χ0) is 38.9. The molecule has 2 unspecified atom stereocenters. The van der Waals surface area contributed by atoms with Crippen LogP contribution in [0.1, 0.15) is 56.9 Å². The second-order valence-electron chi connectivity index (χ2n) is 12.5. The smallest absolute Gasteiger partial charge is 0.340 e. The van der Waals surface area contributed by atoms with Crippen molar-refractivity contribution >= 4 is 35.5 Å². The molecule has 4 aromatic carbocycles. The van der Waals surface area contributed by atoms with Crippen LogP contribution >= 0.6 is 23.5 Å². The Morgan fingerprint density at radius 1 is 0.704 bits per heavy atom. The van der Waals surface area contributed by atoms with Crippen molar-refractivity contribution in [2.24, 2.45) is 0 Å². The average molecular weight is 759 g/mol. The topological polar surface area (TPSA) is 93.1 Å². The molecule has 0 aliphatic heterocycles. The number of ether oxygens (including phenoxy) is 2. The number of thioether (sulfide) groups is 2. The first-order valence-electron chi connectivity index (χ1n) is 17.8. The van der Waals surface area contributed by atoms with E-state index in [0.717, 1.165) is 60.3 Å². The minimum Gasteiger partial charge on any atom is -0.479 e. The number of carbonyl (C=O) groups is 2. The molecule has 0 heterocycles. The van der Waals surface area contributed by atoms with E-state index in [9.17, 15) is 19.8 Å². The molecule has 278 valence electrons. The van der Waals surface area contributed by atoms with Gasteiger partial charge in [-0.2, -0.15) is 0 Å². The van der Waals surface area contributed by atoms with E-state index in [1.165, 1.54) is 0 Å². The summed E-state index contributed by atoms with van der Waals surface area (Å²) in [6, 6.07) is 31.9. The lowest BCUT2D eigenvalue weighted by atomic mass is 9.96. The molecule has 0 saturated carbocycles. The minimum absolute atomic E-state index is 0.316. The number of allylic oxidation sites excluding steroid dienone is 2. The summed E-state index contributed by atoms with van der Waals surface area (Å²) in [7, 11) is 0. The van der Waals surface area contributed by atoms with Gasteiger partial charge in [-0.05, 0) is 117 Å². The number of carboxylic acid groups (broad SMARTS) is 2. The van der Waals surface area contributed by atoms with E-state index in [1.54, 1.807) is 44.3 Å². The van der Waals surface area contributed by atoms with Crippen molar-refractivity contribution in [3.63, 3.8) is 0 Å². The van der Waals surface area contributed by atoms with Gasteiger partial charge in [0.1, 0.15) is 0 Å². The van der Waals surface area contributed by atoms with Gasteiger partial charge in [0.05, 0.1) is 0 Å². The largest absolute Gasteiger partial charge is 0.479 e. The molecule has 0 saturated heterocycles. The van der Waals surface area contributed by atoms with Crippen molar-refractivity contribution in [2.75, 3.05) is 24.7 Å². The zero-order valence-electron chi connectivity index (χ0n) is 31.3. The van der Waals surface area contributed by atoms with Crippen LogP contribution in [-0.4, -0.2) is 53.0 Å². The summed E-state index contributed by atoms with van der Waals surface area (Å²) in [4.78, 5) is 25.3. The Balaban J connectivity index is 1.24. The zero-order valence-corrected chi connectivity index (χ0v) is 33.0. The van der Waals surface area contributed by atoms with Crippen LogP contribution in [0.4, 0.5) is 0 Å². The molecule has 0 fully saturated rings. The fourth-order valence-electron chi connectivity index (χ4n) is 5.24. The molecule has 0 spiro atoms. The fraction of sp³-hybridized carbons (Fsp3) is 0.261. The van der Waals surface area contributed by atoms with Crippen molar-refractivity contribution < 1.29 is 29.3 Å². The summed E-state index contributed by atoms with van der Waals surface area (Å²) in [6.07, 6.45) is 3.73. The van der Waals surface area contributed by atoms with Gasteiger partial charge in [0.25, 0.3) is 0 Å². The maximum Gasteiger partial charge on any atom is 0.340 e. The lowest BCUT2D eigenvalue weighted by molar-refractivity contribution is -0.164. The molecule has 0 amide bonds. The number of hydrogen-bond acceptors (Lipinski definition) is 6. The molecule has 4 rings (SSSR count). The maximum atomic E-state index is 11.8. The first-order chi connectivity index (χ1) is 26.0. The van der Waals surface area contributed by atoms with E-state index in [-0.39, 0.29) is 0 Å². The lowest BCUT2D eigenvalue weighted by Gasteiger charge is -2.25. The second-order valence-corrected chi connectivity index (χ2v) is 14.7. The van der Waals surface area contributed by atoms with Gasteiger partial charge < -0.3 is 19.7 Å². The lowest BCUT2D eigenvalue weighted by Crippen LogP contribution is -2.35. The summed E-state index contributed by atoms with van der Waals surface area (Å²) in [5.74, 6) is 12.6. The normalized spacial score (nSPS) is 13.1. The number of aliphatic carboxylic acids is 2. The molecular weight excluding hydrogens is 713 g/mol. The Morgan fingerprint density at radius 3 is 1.57 bits per heavy atom. The third-order valence-corrected chi connectivity index (χ3v) is 10.3. The van der Waals surface area contributed by atoms with Crippen LogP contribution in [0.25, 0.3) is 11.1 Å². The Labute approximate surface area is 328 Å². The number of carboxylic acids is 2. The standard InChI is InChI=1S/C46H46O6S2/c1-6-51-43(44(47)48)32-37-16-24-41(25-17-37)53-30-28-33(3)8-10-35-12-18-38(19-13-35)39-20-14-36(15-21-39)11-9-34(4)29-31-54-42-26-22-40(23-27-42)46(5,45(49)50)52-7-2/h12-29,43H,6-7,30-32H2,1-5H3,(H,47,48)(H,49,50). The highest BCUT2D eigenvalue weighted by atomic mass is 32.2. The van der Waals surface area contributed by atoms with Gasteiger partial charge in [-0.15, -0.1) is 23.5 Å². The van der Waals surface area contributed by atoms with Gasteiger partial charge in [0, 0.05) is 52.1 Å². The Hall–Kier alpha value is -4.96. The number of hydrogen-bond donors (Lipinski definition) is 2. The molecule has 2 atom stereocenters. The van der Waals surface area contributed by atoms with Gasteiger partial charge in [0.2, 0.25) is 0 Å². The minimum atomic E-state index is -1.36. The molecule has 0 bridgehead atoms. The van der Waals surface area contributed by atoms with Crippen LogP contribution in [0.3, 0.4) is 0 Å². The van der Waals surface area contributed by atoms with E-state index >= 15 is 0 Å². The van der Waals surface area contributed by atoms with Crippen LogP contribution in [0.15, 0.2) is 130 Å². The molecule has 0 aliphatic carbocycles. The first kappa shape index (κ1) is 41.8. The molecule has 0 aromatic heterocycles. The molecule has 4 aromatic rings. The quantitative estimate of drug-likeness (QED) is 0.0862. The Bertz CT molecular complexity index is 2040. The summed E-state index contributed by atoms with van der Waals surface area (Å²) in [5, 5.41) is 18.9. The molecule has 54 heavy (non-hydrogen) atoms. The van der Waals surface area contributed by atoms with Crippen molar-refractivity contribution in [3.05, 3.63) is 143 Å². The molecule has 0 aliphatic rings. The van der Waals surface area contributed by atoms with E-state index in [1.807, 2.05) is 86.6 Å². The van der Waals surface area contributed by atoms with Crippen molar-refractivity contribution in [1.82, 2.24) is 0 Å². The fourth-order valence-corrected chi connectivity index (χ4v) is 6.95. The highest BCUT2D eigenvalue weighted by Crippen LogP contribution is 2.29. The third-order valence-electron chi connectivity index (χ3n) is 8.42. The predicted octanol–water partition coefficient (Wildman–Crippen LogP) is 9.90. The van der Waals surface area contributed by atoms with Crippen molar-refractivity contribution in [2.45, 2.75) is 62.5 Å². The highest BCUT2D eigenvalue weighted by Gasteiger charge is 2.35. The molecule has 2 N–H and O–H groups in total. The SMILES string of the molecule is CCOC(Cc1ccc(SCC=C(C)C#Cc2ccc(-c3ccc(C#CC(C)=CCSc4ccc(C(C)(OCC)C(=O)O)cc4)cc3)cc2)cc1)C(=O)O. The van der Waals surface area contributed by atoms with E-state index < -0.39 is 23.6 Å². The van der Waals surface area contributed by atoms with Crippen LogP contribution in [0, 0.1) is 23.7 Å². The van der Waals surface area contributed by atoms with E-state index in [0.29, 0.717) is 25.2 Å². The van der Waals surface area contributed by atoms with Gasteiger partial charge in [-0.3, -0.25) is 0 Å². The van der Waals surface area contributed by atoms with Crippen molar-refractivity contribution in [3.8, 4) is 34.8 Å². The van der Waals surface area contributed by atoms with Crippen LogP contribution in [-0.2, 0) is 31.1 Å². The predicted molar refractivity (Wildman–Crippen MR) is 221 cm³/mol. The van der Waals surface area contributed by atoms with Gasteiger partial charge in [0.15, 0.2) is 11.7 Å². The first-order valence-corrected chi connectivity index (χ1v) is 19.7. The maximum absolute atomic E-state index is 11.8. The Kier molecular flexibility index (Phi) is 16.3. The average Bonchev–Trinajstić information content (AvgIpc) is 3.17. The monoisotopic (exact) mass is 758 g/mol. The van der Waals surface area contributed by atoms with Gasteiger partial charge in [-0.1, -0.05) is 84.4 Å². The summed E-state index contributed by atoms with van der Waals surface area (Å²) in [6.45, 7) is 9.86. The molecular formula is C46H46O6S2. The van der Waals surface area contributed by atoms with Crippen molar-refractivity contribution in [1.29, 1.82) is 0 Å². The third kappa shape index (κ3) is 12.9. The molecule has 6 nitrogen and oxygen atoms in total. The Morgan fingerprint density at radius 2 is 1.17 bits per heavy atom. The van der Waals surface area contributed by atoms with Gasteiger partial charge >= 0.3 is 11.9 Å². The summed E-state index contributed by atoms with van der Waals surface area (Å²) in [5.41, 5.74) is 6.29. The second kappa shape index (κ2) is 21.1. The van der Waals surface area contributed by atoms with E-state index in [2.05, 4.69) is 60.1 Å². The highest BCUT2D eigenvalue weighted by molar-refractivity contribution is 7.99. The molecule has 0 radical (unpaired) electrons. The number of rotatable bonds is 16.